The summed E-state index contributed by atoms with van der Waals surface area (Å²) in [5.74, 6) is 0. The standard InChI is InChI=1S/C12H9N3O3S/c16-15(17)8-3-4-11-10(6-8)14-12(18-11)13-7-9-2-1-5-19-9/h1-6H,7H2,(H,13,14). The third kappa shape index (κ3) is 2.41. The zero-order chi connectivity index (χ0) is 13.2. The first-order valence-electron chi connectivity index (χ1n) is 5.53. The summed E-state index contributed by atoms with van der Waals surface area (Å²) in [5, 5.41) is 15.7. The number of rotatable bonds is 4. The van der Waals surface area contributed by atoms with E-state index in [0.29, 0.717) is 23.7 Å². The average molecular weight is 275 g/mol. The first kappa shape index (κ1) is 11.7. The molecule has 0 unspecified atom stereocenters. The lowest BCUT2D eigenvalue weighted by atomic mass is 10.3. The third-order valence-electron chi connectivity index (χ3n) is 2.58. The van der Waals surface area contributed by atoms with E-state index in [0.717, 1.165) is 4.88 Å². The lowest BCUT2D eigenvalue weighted by molar-refractivity contribution is -0.384. The average Bonchev–Trinajstić information content (AvgIpc) is 3.04. The minimum absolute atomic E-state index is 0.00519. The number of thiophene rings is 1. The minimum Gasteiger partial charge on any atom is -0.424 e. The fourth-order valence-corrected chi connectivity index (χ4v) is 2.33. The lowest BCUT2D eigenvalue weighted by Crippen LogP contribution is -1.96. The maximum atomic E-state index is 10.7. The molecule has 7 heteroatoms. The predicted molar refractivity (Wildman–Crippen MR) is 72.3 cm³/mol. The van der Waals surface area contributed by atoms with E-state index in [1.54, 1.807) is 17.4 Å². The van der Waals surface area contributed by atoms with Crippen LogP contribution < -0.4 is 5.32 Å². The number of hydrogen-bond acceptors (Lipinski definition) is 6. The third-order valence-corrected chi connectivity index (χ3v) is 3.45. The van der Waals surface area contributed by atoms with Gasteiger partial charge in [0.05, 0.1) is 11.5 Å². The van der Waals surface area contributed by atoms with Crippen LogP contribution in [0, 0.1) is 10.1 Å². The number of fused-ring (bicyclic) bond motifs is 1. The number of anilines is 1. The molecule has 0 fully saturated rings. The fourth-order valence-electron chi connectivity index (χ4n) is 1.68. The molecular formula is C12H9N3O3S. The number of benzene rings is 1. The largest absolute Gasteiger partial charge is 0.424 e. The van der Waals surface area contributed by atoms with Gasteiger partial charge in [0.25, 0.3) is 11.7 Å². The van der Waals surface area contributed by atoms with Gasteiger partial charge in [0.2, 0.25) is 0 Å². The molecule has 0 amide bonds. The molecule has 0 radical (unpaired) electrons. The molecule has 0 spiro atoms. The molecule has 1 aromatic carbocycles. The van der Waals surface area contributed by atoms with Gasteiger partial charge >= 0.3 is 0 Å². The highest BCUT2D eigenvalue weighted by molar-refractivity contribution is 7.09. The predicted octanol–water partition coefficient (Wildman–Crippen LogP) is 3.41. The Morgan fingerprint density at radius 2 is 2.32 bits per heavy atom. The van der Waals surface area contributed by atoms with Crippen LogP contribution in [0.25, 0.3) is 11.1 Å². The van der Waals surface area contributed by atoms with Crippen LogP contribution in [0.5, 0.6) is 0 Å². The molecule has 96 valence electrons. The Labute approximate surface area is 111 Å². The highest BCUT2D eigenvalue weighted by Crippen LogP contribution is 2.24. The van der Waals surface area contributed by atoms with E-state index in [9.17, 15) is 10.1 Å². The van der Waals surface area contributed by atoms with E-state index in [2.05, 4.69) is 10.3 Å². The summed E-state index contributed by atoms with van der Waals surface area (Å²) in [4.78, 5) is 15.6. The SMILES string of the molecule is O=[N+]([O-])c1ccc2oc(NCc3cccs3)nc2c1. The van der Waals surface area contributed by atoms with Gasteiger partial charge in [0.1, 0.15) is 5.52 Å². The van der Waals surface area contributed by atoms with E-state index in [1.165, 1.54) is 12.1 Å². The van der Waals surface area contributed by atoms with E-state index >= 15 is 0 Å². The molecule has 3 aromatic rings. The van der Waals surface area contributed by atoms with Gasteiger partial charge in [-0.1, -0.05) is 6.07 Å². The smallest absolute Gasteiger partial charge is 0.295 e. The second-order valence-corrected chi connectivity index (χ2v) is 4.89. The second kappa shape index (κ2) is 4.69. The Kier molecular flexibility index (Phi) is 2.88. The van der Waals surface area contributed by atoms with Crippen molar-refractivity contribution in [3.05, 3.63) is 50.7 Å². The number of nitro groups is 1. The molecule has 0 saturated carbocycles. The molecule has 0 aliphatic heterocycles. The van der Waals surface area contributed by atoms with E-state index < -0.39 is 4.92 Å². The number of nitro benzene ring substituents is 1. The first-order chi connectivity index (χ1) is 9.22. The van der Waals surface area contributed by atoms with Crippen molar-refractivity contribution in [2.75, 3.05) is 5.32 Å². The Bertz CT molecular complexity index is 721. The van der Waals surface area contributed by atoms with Crippen molar-refractivity contribution in [1.29, 1.82) is 0 Å². The van der Waals surface area contributed by atoms with Crippen LogP contribution in [-0.2, 0) is 6.54 Å². The lowest BCUT2D eigenvalue weighted by Gasteiger charge is -1.96. The van der Waals surface area contributed by atoms with Crippen LogP contribution in [0.1, 0.15) is 4.88 Å². The molecular weight excluding hydrogens is 266 g/mol. The number of non-ortho nitro benzene ring substituents is 1. The normalized spacial score (nSPS) is 10.7. The topological polar surface area (TPSA) is 81.2 Å². The second-order valence-electron chi connectivity index (χ2n) is 3.86. The van der Waals surface area contributed by atoms with Gasteiger partial charge in [0.15, 0.2) is 5.58 Å². The molecule has 3 rings (SSSR count). The van der Waals surface area contributed by atoms with Gasteiger partial charge in [0, 0.05) is 17.0 Å². The quantitative estimate of drug-likeness (QED) is 0.583. The van der Waals surface area contributed by atoms with Crippen molar-refractivity contribution in [2.24, 2.45) is 0 Å². The molecule has 0 aliphatic rings. The molecule has 2 aromatic heterocycles. The molecule has 0 atom stereocenters. The maximum Gasteiger partial charge on any atom is 0.295 e. The van der Waals surface area contributed by atoms with Crippen molar-refractivity contribution in [2.45, 2.75) is 6.54 Å². The summed E-state index contributed by atoms with van der Waals surface area (Å²) in [6.45, 7) is 0.618. The summed E-state index contributed by atoms with van der Waals surface area (Å²) in [6, 6.07) is 8.69. The van der Waals surface area contributed by atoms with Crippen LogP contribution in [-0.4, -0.2) is 9.91 Å². The van der Waals surface area contributed by atoms with Crippen LogP contribution in [0.2, 0.25) is 0 Å². The van der Waals surface area contributed by atoms with E-state index in [1.807, 2.05) is 17.5 Å². The van der Waals surface area contributed by atoms with Crippen LogP contribution in [0.15, 0.2) is 40.1 Å². The summed E-state index contributed by atoms with van der Waals surface area (Å²) in [7, 11) is 0. The number of oxazole rings is 1. The van der Waals surface area contributed by atoms with Crippen molar-refractivity contribution >= 4 is 34.1 Å². The van der Waals surface area contributed by atoms with Gasteiger partial charge in [-0.2, -0.15) is 4.98 Å². The summed E-state index contributed by atoms with van der Waals surface area (Å²) in [6.07, 6.45) is 0. The summed E-state index contributed by atoms with van der Waals surface area (Å²) >= 11 is 1.63. The molecule has 0 bridgehead atoms. The van der Waals surface area contributed by atoms with Gasteiger partial charge < -0.3 is 9.73 Å². The first-order valence-corrected chi connectivity index (χ1v) is 6.41. The molecule has 0 saturated heterocycles. The molecule has 1 N–H and O–H groups in total. The van der Waals surface area contributed by atoms with E-state index in [4.69, 9.17) is 4.42 Å². The van der Waals surface area contributed by atoms with Crippen molar-refractivity contribution in [3.63, 3.8) is 0 Å². The van der Waals surface area contributed by atoms with Crippen LogP contribution in [0.3, 0.4) is 0 Å². The zero-order valence-electron chi connectivity index (χ0n) is 9.70. The number of nitrogens with zero attached hydrogens (tertiary/aromatic N) is 2. The summed E-state index contributed by atoms with van der Waals surface area (Å²) in [5.41, 5.74) is 1.01. The van der Waals surface area contributed by atoms with Crippen LogP contribution in [0.4, 0.5) is 11.7 Å². The Morgan fingerprint density at radius 1 is 1.42 bits per heavy atom. The van der Waals surface area contributed by atoms with Crippen molar-refractivity contribution in [3.8, 4) is 0 Å². The highest BCUT2D eigenvalue weighted by Gasteiger charge is 2.11. The number of nitrogens with one attached hydrogen (secondary N) is 1. The summed E-state index contributed by atoms with van der Waals surface area (Å²) < 4.78 is 5.46. The van der Waals surface area contributed by atoms with E-state index in [-0.39, 0.29) is 5.69 Å². The molecule has 19 heavy (non-hydrogen) atoms. The van der Waals surface area contributed by atoms with Crippen molar-refractivity contribution in [1.82, 2.24) is 4.98 Å². The highest BCUT2D eigenvalue weighted by atomic mass is 32.1. The van der Waals surface area contributed by atoms with Gasteiger partial charge in [-0.3, -0.25) is 10.1 Å². The molecule has 2 heterocycles. The fraction of sp³-hybridized carbons (Fsp3) is 0.0833. The Morgan fingerprint density at radius 3 is 3.05 bits per heavy atom. The molecule has 6 nitrogen and oxygen atoms in total. The number of hydrogen-bond donors (Lipinski definition) is 1. The van der Waals surface area contributed by atoms with Gasteiger partial charge in [-0.15, -0.1) is 11.3 Å². The maximum absolute atomic E-state index is 10.7. The Balaban J connectivity index is 1.83. The van der Waals surface area contributed by atoms with Gasteiger partial charge in [-0.05, 0) is 17.5 Å². The zero-order valence-corrected chi connectivity index (χ0v) is 10.5. The monoisotopic (exact) mass is 275 g/mol. The van der Waals surface area contributed by atoms with Crippen LogP contribution >= 0.6 is 11.3 Å². The number of aromatic nitrogens is 1. The Hall–Kier alpha value is -2.41. The van der Waals surface area contributed by atoms with Gasteiger partial charge in [-0.25, -0.2) is 0 Å². The van der Waals surface area contributed by atoms with Crippen molar-refractivity contribution < 1.29 is 9.34 Å². The molecule has 0 aliphatic carbocycles. The minimum atomic E-state index is -0.452.